The van der Waals surface area contributed by atoms with Crippen LogP contribution >= 0.6 is 0 Å². The van der Waals surface area contributed by atoms with Gasteiger partial charge in [-0.25, -0.2) is 0 Å². The van der Waals surface area contributed by atoms with E-state index in [2.05, 4.69) is 0 Å². The molecular formula is C11H19NO4. The first-order valence-corrected chi connectivity index (χ1v) is 5.62. The number of aliphatic hydroxyl groups is 1. The van der Waals surface area contributed by atoms with Gasteiger partial charge in [-0.3, -0.25) is 14.9 Å². The molecule has 1 saturated carbocycles. The van der Waals surface area contributed by atoms with E-state index in [0.29, 0.717) is 19.3 Å². The zero-order chi connectivity index (χ0) is 12.6. The molecule has 0 radical (unpaired) electrons. The van der Waals surface area contributed by atoms with Crippen LogP contribution in [-0.4, -0.2) is 27.0 Å². The highest BCUT2D eigenvalue weighted by Gasteiger charge is 2.53. The number of Topliss-reactive ketones (excluding diaryl/α,β-unsaturated/α-hetero) is 1. The van der Waals surface area contributed by atoms with Crippen molar-refractivity contribution in [3.05, 3.63) is 10.1 Å². The summed E-state index contributed by atoms with van der Waals surface area (Å²) in [5, 5.41) is 21.2. The van der Waals surface area contributed by atoms with E-state index in [1.54, 1.807) is 13.8 Å². The Labute approximate surface area is 95.0 Å². The maximum Gasteiger partial charge on any atom is 0.222 e. The minimum absolute atomic E-state index is 0.152. The summed E-state index contributed by atoms with van der Waals surface area (Å²) in [6.45, 7) is 4.75. The molecule has 0 aromatic carbocycles. The third kappa shape index (κ3) is 2.09. The van der Waals surface area contributed by atoms with Crippen LogP contribution in [0.3, 0.4) is 0 Å². The van der Waals surface area contributed by atoms with Crippen molar-refractivity contribution in [2.75, 3.05) is 0 Å². The fourth-order valence-corrected chi connectivity index (χ4v) is 2.56. The Balaban J connectivity index is 3.00. The summed E-state index contributed by atoms with van der Waals surface area (Å²) in [5.41, 5.74) is -2.13. The Morgan fingerprint density at radius 1 is 1.56 bits per heavy atom. The van der Waals surface area contributed by atoms with Crippen molar-refractivity contribution in [3.63, 3.8) is 0 Å². The number of ketones is 1. The van der Waals surface area contributed by atoms with E-state index in [4.69, 9.17) is 0 Å². The van der Waals surface area contributed by atoms with Gasteiger partial charge in [0.25, 0.3) is 0 Å². The SMILES string of the molecule is CC[C@]1([N+](=O)[O-])CC[C@@](C)(O)[C@@H](C(C)=O)C1. The van der Waals surface area contributed by atoms with Crippen LogP contribution in [0.25, 0.3) is 0 Å². The molecule has 1 N–H and O–H groups in total. The molecule has 3 atom stereocenters. The van der Waals surface area contributed by atoms with Crippen LogP contribution in [0.15, 0.2) is 0 Å². The highest BCUT2D eigenvalue weighted by atomic mass is 16.6. The Morgan fingerprint density at radius 3 is 2.50 bits per heavy atom. The Kier molecular flexibility index (Phi) is 3.38. The molecule has 1 rings (SSSR count). The second-order valence-corrected chi connectivity index (χ2v) is 5.06. The molecular weight excluding hydrogens is 210 g/mol. The Morgan fingerprint density at radius 2 is 2.12 bits per heavy atom. The van der Waals surface area contributed by atoms with Crippen LogP contribution in [0.2, 0.25) is 0 Å². The van der Waals surface area contributed by atoms with Gasteiger partial charge in [-0.15, -0.1) is 0 Å². The summed E-state index contributed by atoms with van der Waals surface area (Å²) in [5.74, 6) is -0.782. The summed E-state index contributed by atoms with van der Waals surface area (Å²) in [4.78, 5) is 22.3. The van der Waals surface area contributed by atoms with E-state index in [0.717, 1.165) is 0 Å². The number of carbonyl (C=O) groups excluding carboxylic acids is 1. The zero-order valence-electron chi connectivity index (χ0n) is 10.0. The molecule has 16 heavy (non-hydrogen) atoms. The smallest absolute Gasteiger partial charge is 0.222 e. The first-order valence-electron chi connectivity index (χ1n) is 5.62. The van der Waals surface area contributed by atoms with Crippen molar-refractivity contribution >= 4 is 5.78 Å². The second-order valence-electron chi connectivity index (χ2n) is 5.06. The highest BCUT2D eigenvalue weighted by molar-refractivity contribution is 5.79. The van der Waals surface area contributed by atoms with Crippen LogP contribution in [0.4, 0.5) is 0 Å². The van der Waals surface area contributed by atoms with Gasteiger partial charge in [-0.2, -0.15) is 0 Å². The third-order valence-corrected chi connectivity index (χ3v) is 3.97. The maximum absolute atomic E-state index is 11.5. The lowest BCUT2D eigenvalue weighted by molar-refractivity contribution is -0.578. The molecule has 5 heteroatoms. The standard InChI is InChI=1S/C11H19NO4/c1-4-11(12(15)16)6-5-10(3,14)9(7-11)8(2)13/h9,14H,4-7H2,1-3H3/t9-,10-,11+/m1/s1. The van der Waals surface area contributed by atoms with E-state index >= 15 is 0 Å². The number of nitrogens with zero attached hydrogens (tertiary/aromatic N) is 1. The first kappa shape index (κ1) is 13.1. The molecule has 1 aliphatic rings. The molecule has 0 amide bonds. The van der Waals surface area contributed by atoms with Crippen molar-refractivity contribution in [2.24, 2.45) is 5.92 Å². The second kappa shape index (κ2) is 4.13. The van der Waals surface area contributed by atoms with Crippen LogP contribution in [0, 0.1) is 16.0 Å². The zero-order valence-corrected chi connectivity index (χ0v) is 10.0. The summed E-state index contributed by atoms with van der Waals surface area (Å²) >= 11 is 0. The van der Waals surface area contributed by atoms with E-state index in [9.17, 15) is 20.0 Å². The number of rotatable bonds is 3. The quantitative estimate of drug-likeness (QED) is 0.588. The predicted molar refractivity (Wildman–Crippen MR) is 58.7 cm³/mol. The van der Waals surface area contributed by atoms with Crippen molar-refractivity contribution in [3.8, 4) is 0 Å². The van der Waals surface area contributed by atoms with E-state index < -0.39 is 17.1 Å². The molecule has 0 aliphatic heterocycles. The topological polar surface area (TPSA) is 80.4 Å². The van der Waals surface area contributed by atoms with Crippen molar-refractivity contribution in [1.29, 1.82) is 0 Å². The minimum atomic E-state index is -1.10. The Hall–Kier alpha value is -0.970. The van der Waals surface area contributed by atoms with Gasteiger partial charge in [-0.05, 0) is 20.3 Å². The van der Waals surface area contributed by atoms with Gasteiger partial charge in [-0.1, -0.05) is 6.92 Å². The molecule has 0 saturated heterocycles. The minimum Gasteiger partial charge on any atom is -0.389 e. The molecule has 0 heterocycles. The molecule has 1 fully saturated rings. The lowest BCUT2D eigenvalue weighted by Gasteiger charge is -2.41. The molecule has 92 valence electrons. The number of hydrogen-bond acceptors (Lipinski definition) is 4. The van der Waals surface area contributed by atoms with Crippen molar-refractivity contribution in [1.82, 2.24) is 0 Å². The van der Waals surface area contributed by atoms with Crippen molar-refractivity contribution < 1.29 is 14.8 Å². The summed E-state index contributed by atoms with van der Waals surface area (Å²) in [7, 11) is 0. The van der Waals surface area contributed by atoms with Gasteiger partial charge in [0.15, 0.2) is 0 Å². The lowest BCUT2D eigenvalue weighted by Crippen LogP contribution is -2.53. The van der Waals surface area contributed by atoms with Gasteiger partial charge in [0.1, 0.15) is 5.78 Å². The number of nitro groups is 1. The molecule has 0 spiro atoms. The van der Waals surface area contributed by atoms with Crippen molar-refractivity contribution in [2.45, 2.75) is 57.6 Å². The molecule has 0 aromatic heterocycles. The van der Waals surface area contributed by atoms with Gasteiger partial charge in [0.05, 0.1) is 11.5 Å². The average Bonchev–Trinajstić information content (AvgIpc) is 2.17. The van der Waals surface area contributed by atoms with E-state index in [1.807, 2.05) is 0 Å². The number of carbonyl (C=O) groups is 1. The third-order valence-electron chi connectivity index (χ3n) is 3.97. The predicted octanol–water partition coefficient (Wildman–Crippen LogP) is 1.55. The lowest BCUT2D eigenvalue weighted by atomic mass is 9.66. The maximum atomic E-state index is 11.5. The van der Waals surface area contributed by atoms with Gasteiger partial charge in [0.2, 0.25) is 5.54 Å². The van der Waals surface area contributed by atoms with E-state index in [1.165, 1.54) is 6.92 Å². The summed E-state index contributed by atoms with van der Waals surface area (Å²) < 4.78 is 0. The van der Waals surface area contributed by atoms with Gasteiger partial charge < -0.3 is 5.11 Å². The van der Waals surface area contributed by atoms with Crippen LogP contribution < -0.4 is 0 Å². The van der Waals surface area contributed by atoms with Gasteiger partial charge >= 0.3 is 0 Å². The molecule has 1 aliphatic carbocycles. The fourth-order valence-electron chi connectivity index (χ4n) is 2.56. The fraction of sp³-hybridized carbons (Fsp3) is 0.909. The van der Waals surface area contributed by atoms with Crippen LogP contribution in [0.5, 0.6) is 0 Å². The number of hydrogen-bond donors (Lipinski definition) is 1. The molecule has 0 unspecified atom stereocenters. The first-order chi connectivity index (χ1) is 7.25. The van der Waals surface area contributed by atoms with E-state index in [-0.39, 0.29) is 17.1 Å². The van der Waals surface area contributed by atoms with Crippen LogP contribution in [-0.2, 0) is 4.79 Å². The Bertz CT molecular complexity index is 313. The normalized spacial score (nSPS) is 39.4. The van der Waals surface area contributed by atoms with Gasteiger partial charge in [0, 0.05) is 24.2 Å². The summed E-state index contributed by atoms with van der Waals surface area (Å²) in [6, 6.07) is 0. The van der Waals surface area contributed by atoms with Crippen LogP contribution in [0.1, 0.15) is 46.5 Å². The highest BCUT2D eigenvalue weighted by Crippen LogP contribution is 2.42. The molecule has 0 bridgehead atoms. The summed E-state index contributed by atoms with van der Waals surface area (Å²) in [6.07, 6.45) is 1.21. The average molecular weight is 229 g/mol. The molecule has 0 aromatic rings. The monoisotopic (exact) mass is 229 g/mol. The molecule has 5 nitrogen and oxygen atoms in total. The largest absolute Gasteiger partial charge is 0.389 e.